The lowest BCUT2D eigenvalue weighted by Gasteiger charge is -2.28. The van der Waals surface area contributed by atoms with Gasteiger partial charge in [-0.05, 0) is 67.4 Å². The van der Waals surface area contributed by atoms with E-state index in [4.69, 9.17) is 10.5 Å². The number of hydrogen-bond acceptors (Lipinski definition) is 5. The summed E-state index contributed by atoms with van der Waals surface area (Å²) in [5, 5.41) is 7.51. The van der Waals surface area contributed by atoms with Gasteiger partial charge in [-0.25, -0.2) is 0 Å². The Bertz CT molecular complexity index is 1300. The summed E-state index contributed by atoms with van der Waals surface area (Å²) in [6.07, 6.45) is 1.16. The Labute approximate surface area is 216 Å². The number of halogens is 1. The summed E-state index contributed by atoms with van der Waals surface area (Å²) in [7, 11) is 3.29. The van der Waals surface area contributed by atoms with E-state index in [9.17, 15) is 14.4 Å². The quantitative estimate of drug-likeness (QED) is 0.452. The van der Waals surface area contributed by atoms with Gasteiger partial charge in [0.25, 0.3) is 0 Å². The number of benzene rings is 3. The van der Waals surface area contributed by atoms with Crippen LogP contribution in [-0.2, 0) is 22.6 Å². The molecular weight excluding hydrogens is 480 g/mol. The summed E-state index contributed by atoms with van der Waals surface area (Å²) in [6, 6.07) is 15.6. The molecule has 0 saturated carbocycles. The van der Waals surface area contributed by atoms with Crippen molar-refractivity contribution >= 4 is 46.6 Å². The number of rotatable bonds is 7. The first kappa shape index (κ1) is 27.0. The van der Waals surface area contributed by atoms with Gasteiger partial charge in [-0.1, -0.05) is 30.3 Å². The van der Waals surface area contributed by atoms with E-state index in [1.807, 2.05) is 42.5 Å². The number of para-hydroxylation sites is 1. The molecule has 4 N–H and O–H groups in total. The van der Waals surface area contributed by atoms with E-state index >= 15 is 0 Å². The molecular formula is C27H31ClN4O4. The minimum Gasteiger partial charge on any atom is -0.496 e. The number of ether oxygens (including phenoxy) is 1. The van der Waals surface area contributed by atoms with E-state index < -0.39 is 18.0 Å². The van der Waals surface area contributed by atoms with Crippen LogP contribution in [0.25, 0.3) is 10.8 Å². The average Bonchev–Trinajstić information content (AvgIpc) is 3.00. The summed E-state index contributed by atoms with van der Waals surface area (Å²) in [6.45, 7) is 1.99. The molecule has 190 valence electrons. The van der Waals surface area contributed by atoms with Crippen LogP contribution in [0.4, 0.5) is 5.69 Å². The van der Waals surface area contributed by atoms with Gasteiger partial charge in [0.15, 0.2) is 0 Å². The summed E-state index contributed by atoms with van der Waals surface area (Å²) in [4.78, 5) is 39.8. The minimum atomic E-state index is -0.659. The molecule has 0 saturated heterocycles. The largest absolute Gasteiger partial charge is 0.496 e. The Kier molecular flexibility index (Phi) is 8.55. The maximum absolute atomic E-state index is 13.8. The molecule has 0 fully saturated rings. The zero-order valence-corrected chi connectivity index (χ0v) is 21.4. The normalized spacial score (nSPS) is 15.9. The second-order valence-electron chi connectivity index (χ2n) is 8.71. The van der Waals surface area contributed by atoms with E-state index in [0.717, 1.165) is 27.6 Å². The van der Waals surface area contributed by atoms with Crippen molar-refractivity contribution in [3.05, 3.63) is 71.3 Å². The number of hydrogen-bond donors (Lipinski definition) is 3. The van der Waals surface area contributed by atoms with E-state index in [1.54, 1.807) is 38.1 Å². The minimum absolute atomic E-state index is 0. The van der Waals surface area contributed by atoms with Crippen LogP contribution < -0.4 is 26.0 Å². The number of carbonyl (C=O) groups is 3. The maximum Gasteiger partial charge on any atom is 0.249 e. The number of anilines is 1. The zero-order valence-electron chi connectivity index (χ0n) is 20.5. The van der Waals surface area contributed by atoms with Crippen molar-refractivity contribution in [2.24, 2.45) is 5.73 Å². The molecule has 36 heavy (non-hydrogen) atoms. The molecule has 0 bridgehead atoms. The second-order valence-corrected chi connectivity index (χ2v) is 8.71. The predicted molar refractivity (Wildman–Crippen MR) is 143 cm³/mol. The molecule has 8 nitrogen and oxygen atoms in total. The molecule has 0 aromatic heterocycles. The molecule has 0 radical (unpaired) electrons. The smallest absolute Gasteiger partial charge is 0.249 e. The molecule has 1 aliphatic rings. The summed E-state index contributed by atoms with van der Waals surface area (Å²) in [5.41, 5.74) is 8.53. The number of nitrogens with zero attached hydrogens (tertiary/aromatic N) is 1. The summed E-state index contributed by atoms with van der Waals surface area (Å²) >= 11 is 0. The van der Waals surface area contributed by atoms with Crippen LogP contribution in [0.5, 0.6) is 5.75 Å². The van der Waals surface area contributed by atoms with E-state index in [1.165, 1.54) is 0 Å². The Morgan fingerprint density at radius 1 is 1.17 bits per heavy atom. The second kappa shape index (κ2) is 11.4. The number of carbonyl (C=O) groups excluding carboxylic acids is 3. The van der Waals surface area contributed by atoms with Crippen molar-refractivity contribution in [1.29, 1.82) is 0 Å². The SMILES string of the molecule is CN[C@@H](C)C(=O)N[C@H]1CCc2ccccc2N(Cc2c(OC)ccc3cc(C(N)=O)ccc23)C1=O.Cl. The van der Waals surface area contributed by atoms with Crippen LogP contribution in [0.1, 0.15) is 34.8 Å². The predicted octanol–water partition coefficient (Wildman–Crippen LogP) is 2.94. The number of methoxy groups -OCH3 is 1. The zero-order chi connectivity index (χ0) is 25.1. The molecule has 3 aromatic carbocycles. The lowest BCUT2D eigenvalue weighted by atomic mass is 10.00. The number of fused-ring (bicyclic) bond motifs is 2. The lowest BCUT2D eigenvalue weighted by molar-refractivity contribution is -0.128. The number of primary amides is 1. The molecule has 2 atom stereocenters. The summed E-state index contributed by atoms with van der Waals surface area (Å²) < 4.78 is 5.66. The molecule has 1 aliphatic heterocycles. The van der Waals surface area contributed by atoms with Gasteiger partial charge in [0, 0.05) is 16.8 Å². The first-order chi connectivity index (χ1) is 16.8. The fourth-order valence-corrected chi connectivity index (χ4v) is 4.48. The topological polar surface area (TPSA) is 114 Å². The summed E-state index contributed by atoms with van der Waals surface area (Å²) in [5.74, 6) is -0.281. The van der Waals surface area contributed by atoms with Gasteiger partial charge in [-0.3, -0.25) is 14.4 Å². The van der Waals surface area contributed by atoms with Crippen molar-refractivity contribution in [2.45, 2.75) is 38.4 Å². The van der Waals surface area contributed by atoms with E-state index in [-0.39, 0.29) is 30.8 Å². The highest BCUT2D eigenvalue weighted by atomic mass is 35.5. The fraction of sp³-hybridized carbons (Fsp3) is 0.296. The van der Waals surface area contributed by atoms with Crippen molar-refractivity contribution in [3.8, 4) is 5.75 Å². The third kappa shape index (κ3) is 5.29. The van der Waals surface area contributed by atoms with Crippen molar-refractivity contribution in [3.63, 3.8) is 0 Å². The van der Waals surface area contributed by atoms with Crippen molar-refractivity contribution in [2.75, 3.05) is 19.1 Å². The third-order valence-electron chi connectivity index (χ3n) is 6.60. The van der Waals surface area contributed by atoms with Gasteiger partial charge in [-0.2, -0.15) is 0 Å². The lowest BCUT2D eigenvalue weighted by Crippen LogP contribution is -2.52. The number of nitrogens with one attached hydrogen (secondary N) is 2. The molecule has 1 heterocycles. The first-order valence-electron chi connectivity index (χ1n) is 11.6. The van der Waals surface area contributed by atoms with Crippen molar-refractivity contribution < 1.29 is 19.1 Å². The van der Waals surface area contributed by atoms with Gasteiger partial charge >= 0.3 is 0 Å². The molecule has 0 aliphatic carbocycles. The van der Waals surface area contributed by atoms with Crippen LogP contribution in [0.15, 0.2) is 54.6 Å². The molecule has 4 rings (SSSR count). The standard InChI is InChI=1S/C27H30N4O4.ClH/c1-16(29-2)26(33)30-22-12-9-17-6-4-5-7-23(17)31(27(22)34)15-21-20-11-8-19(25(28)32)14-18(20)10-13-24(21)35-3;/h4-8,10-11,13-14,16,22,29H,9,12,15H2,1-3H3,(H2,28,32)(H,30,33);1H/t16-,22-;/m0./s1. The highest BCUT2D eigenvalue weighted by Gasteiger charge is 2.33. The van der Waals surface area contributed by atoms with Crippen LogP contribution in [0.3, 0.4) is 0 Å². The van der Waals surface area contributed by atoms with Crippen LogP contribution in [0, 0.1) is 0 Å². The van der Waals surface area contributed by atoms with Crippen molar-refractivity contribution in [1.82, 2.24) is 10.6 Å². The number of aryl methyl sites for hydroxylation is 1. The molecule has 9 heteroatoms. The Morgan fingerprint density at radius 2 is 1.92 bits per heavy atom. The molecule has 0 spiro atoms. The van der Waals surface area contributed by atoms with Crippen LogP contribution >= 0.6 is 12.4 Å². The third-order valence-corrected chi connectivity index (χ3v) is 6.60. The van der Waals surface area contributed by atoms with Gasteiger partial charge in [0.1, 0.15) is 11.8 Å². The first-order valence-corrected chi connectivity index (χ1v) is 11.6. The molecule has 3 amide bonds. The Morgan fingerprint density at radius 3 is 2.61 bits per heavy atom. The van der Waals surface area contributed by atoms with Crippen LogP contribution in [0.2, 0.25) is 0 Å². The van der Waals surface area contributed by atoms with Gasteiger partial charge in [-0.15, -0.1) is 12.4 Å². The van der Waals surface area contributed by atoms with Gasteiger partial charge < -0.3 is 26.0 Å². The molecule has 0 unspecified atom stereocenters. The van der Waals surface area contributed by atoms with Gasteiger partial charge in [0.05, 0.1) is 19.7 Å². The number of amides is 3. The Hall–Kier alpha value is -3.62. The number of likely N-dealkylation sites (N-methyl/N-ethyl adjacent to an activating group) is 1. The highest BCUT2D eigenvalue weighted by molar-refractivity contribution is 6.02. The van der Waals surface area contributed by atoms with Crippen LogP contribution in [-0.4, -0.2) is 44.0 Å². The monoisotopic (exact) mass is 510 g/mol. The molecule has 3 aromatic rings. The average molecular weight is 511 g/mol. The number of nitrogens with two attached hydrogens (primary N) is 1. The van der Waals surface area contributed by atoms with E-state index in [0.29, 0.717) is 24.2 Å². The maximum atomic E-state index is 13.8. The van der Waals surface area contributed by atoms with E-state index in [2.05, 4.69) is 10.6 Å². The fourth-order valence-electron chi connectivity index (χ4n) is 4.48. The van der Waals surface area contributed by atoms with Gasteiger partial charge in [0.2, 0.25) is 17.7 Å². The highest BCUT2D eigenvalue weighted by Crippen LogP contribution is 2.34. The Balaban J connectivity index is 0.00000361.